The maximum atomic E-state index is 11.0. The number of hydrogen-bond donors (Lipinski definition) is 1. The zero-order valence-corrected chi connectivity index (χ0v) is 11.8. The predicted molar refractivity (Wildman–Crippen MR) is 69.9 cm³/mol. The van der Waals surface area contributed by atoms with Gasteiger partial charge in [0.25, 0.3) is 0 Å². The van der Waals surface area contributed by atoms with Gasteiger partial charge in [0.05, 0.1) is 23.2 Å². The summed E-state index contributed by atoms with van der Waals surface area (Å²) in [6.07, 6.45) is 4.95. The molecule has 0 aromatic rings. The van der Waals surface area contributed by atoms with Crippen LogP contribution in [0.5, 0.6) is 0 Å². The highest BCUT2D eigenvalue weighted by Crippen LogP contribution is 2.53. The van der Waals surface area contributed by atoms with E-state index >= 15 is 0 Å². The van der Waals surface area contributed by atoms with Gasteiger partial charge in [0.2, 0.25) is 0 Å². The Morgan fingerprint density at radius 1 is 1.17 bits per heavy atom. The average Bonchev–Trinajstić information content (AvgIpc) is 2.29. The van der Waals surface area contributed by atoms with Crippen molar-refractivity contribution in [1.82, 2.24) is 0 Å². The van der Waals surface area contributed by atoms with Crippen LogP contribution in [0.4, 0.5) is 0 Å². The van der Waals surface area contributed by atoms with Crippen LogP contribution >= 0.6 is 0 Å². The molecule has 0 bridgehead atoms. The molecule has 1 saturated carbocycles. The van der Waals surface area contributed by atoms with Crippen LogP contribution in [0, 0.1) is 22.2 Å². The molecule has 2 rings (SSSR count). The smallest absolute Gasteiger partial charge is 0.0879 e. The Balaban J connectivity index is 2.20. The van der Waals surface area contributed by atoms with Crippen molar-refractivity contribution >= 4 is 0 Å². The van der Waals surface area contributed by atoms with Crippen LogP contribution in [0.25, 0.3) is 0 Å². The monoisotopic (exact) mass is 251 g/mol. The summed E-state index contributed by atoms with van der Waals surface area (Å²) in [4.78, 5) is 0. The Hall–Kier alpha value is -0.590. The van der Waals surface area contributed by atoms with E-state index in [1.165, 1.54) is 0 Å². The summed E-state index contributed by atoms with van der Waals surface area (Å²) in [7, 11) is 0. The highest BCUT2D eigenvalue weighted by molar-refractivity contribution is 5.14. The van der Waals surface area contributed by atoms with Gasteiger partial charge >= 0.3 is 0 Å². The zero-order valence-electron chi connectivity index (χ0n) is 11.8. The van der Waals surface area contributed by atoms with E-state index in [2.05, 4.69) is 19.9 Å². The summed E-state index contributed by atoms with van der Waals surface area (Å²) in [6.45, 7) is 7.07. The minimum absolute atomic E-state index is 0.0592. The van der Waals surface area contributed by atoms with Gasteiger partial charge in [-0.2, -0.15) is 5.26 Å². The fourth-order valence-corrected chi connectivity index (χ4v) is 3.53. The molecule has 102 valence electrons. The standard InChI is InChI=1S/C15H25NO2/c1-12-10-15(17,8-9-18-12)14(11-16)6-4-13(2,3)5-7-14/h12,17H,4-10H2,1-3H3. The van der Waals surface area contributed by atoms with Gasteiger partial charge < -0.3 is 9.84 Å². The number of ether oxygens (including phenoxy) is 1. The largest absolute Gasteiger partial charge is 0.388 e. The first kappa shape index (κ1) is 13.8. The minimum atomic E-state index is -0.851. The first-order valence-corrected chi connectivity index (χ1v) is 7.08. The van der Waals surface area contributed by atoms with Gasteiger partial charge in [-0.15, -0.1) is 0 Å². The van der Waals surface area contributed by atoms with Crippen LogP contribution in [-0.4, -0.2) is 23.4 Å². The van der Waals surface area contributed by atoms with Crippen molar-refractivity contribution < 1.29 is 9.84 Å². The Labute approximate surface area is 110 Å². The molecule has 0 radical (unpaired) electrons. The zero-order chi connectivity index (χ0) is 13.4. The second-order valence-corrected chi connectivity index (χ2v) is 7.03. The quantitative estimate of drug-likeness (QED) is 0.779. The lowest BCUT2D eigenvalue weighted by molar-refractivity contribution is -0.161. The van der Waals surface area contributed by atoms with Crippen LogP contribution in [-0.2, 0) is 4.74 Å². The molecule has 1 aliphatic carbocycles. The van der Waals surface area contributed by atoms with Crippen molar-refractivity contribution in [1.29, 1.82) is 5.26 Å². The van der Waals surface area contributed by atoms with Crippen LogP contribution < -0.4 is 0 Å². The van der Waals surface area contributed by atoms with Gasteiger partial charge in [0.1, 0.15) is 0 Å². The second-order valence-electron chi connectivity index (χ2n) is 7.03. The van der Waals surface area contributed by atoms with Crippen molar-refractivity contribution in [2.45, 2.75) is 71.0 Å². The van der Waals surface area contributed by atoms with Crippen molar-refractivity contribution in [2.75, 3.05) is 6.61 Å². The molecule has 1 heterocycles. The van der Waals surface area contributed by atoms with Gasteiger partial charge in [-0.25, -0.2) is 0 Å². The fourth-order valence-electron chi connectivity index (χ4n) is 3.53. The van der Waals surface area contributed by atoms with Crippen molar-refractivity contribution in [3.8, 4) is 6.07 Å². The predicted octanol–water partition coefficient (Wildman–Crippen LogP) is 3.03. The normalized spacial score (nSPS) is 38.9. The van der Waals surface area contributed by atoms with E-state index < -0.39 is 11.0 Å². The third-order valence-electron chi connectivity index (χ3n) is 5.11. The summed E-state index contributed by atoms with van der Waals surface area (Å²) in [5.74, 6) is 0. The molecule has 1 saturated heterocycles. The molecule has 2 aliphatic rings. The number of rotatable bonds is 1. The van der Waals surface area contributed by atoms with E-state index in [4.69, 9.17) is 4.74 Å². The molecule has 2 atom stereocenters. The molecule has 2 unspecified atom stereocenters. The average molecular weight is 251 g/mol. The summed E-state index contributed by atoms with van der Waals surface area (Å²) < 4.78 is 5.53. The molecule has 1 N–H and O–H groups in total. The Bertz CT molecular complexity index is 348. The Kier molecular flexibility index (Phi) is 3.46. The number of hydrogen-bond acceptors (Lipinski definition) is 3. The summed E-state index contributed by atoms with van der Waals surface area (Å²) in [6, 6.07) is 2.48. The first-order valence-electron chi connectivity index (χ1n) is 7.08. The number of aliphatic hydroxyl groups is 1. The summed E-state index contributed by atoms with van der Waals surface area (Å²) in [5, 5.41) is 20.6. The van der Waals surface area contributed by atoms with Crippen molar-refractivity contribution in [3.63, 3.8) is 0 Å². The minimum Gasteiger partial charge on any atom is -0.388 e. The van der Waals surface area contributed by atoms with Crippen molar-refractivity contribution in [2.24, 2.45) is 10.8 Å². The molecule has 2 fully saturated rings. The van der Waals surface area contributed by atoms with Gasteiger partial charge in [-0.1, -0.05) is 13.8 Å². The molecular weight excluding hydrogens is 226 g/mol. The molecule has 0 amide bonds. The van der Waals surface area contributed by atoms with Gasteiger partial charge in [-0.3, -0.25) is 0 Å². The van der Waals surface area contributed by atoms with E-state index in [9.17, 15) is 10.4 Å². The molecule has 18 heavy (non-hydrogen) atoms. The lowest BCUT2D eigenvalue weighted by Gasteiger charge is -2.51. The van der Waals surface area contributed by atoms with Gasteiger partial charge in [0.15, 0.2) is 0 Å². The van der Waals surface area contributed by atoms with Crippen molar-refractivity contribution in [3.05, 3.63) is 0 Å². The van der Waals surface area contributed by atoms with E-state index in [-0.39, 0.29) is 6.10 Å². The topological polar surface area (TPSA) is 53.2 Å². The van der Waals surface area contributed by atoms with E-state index in [1.54, 1.807) is 0 Å². The van der Waals surface area contributed by atoms with E-state index in [0.717, 1.165) is 25.7 Å². The van der Waals surface area contributed by atoms with Crippen LogP contribution in [0.1, 0.15) is 59.3 Å². The molecule has 0 spiro atoms. The molecule has 0 aromatic carbocycles. The Morgan fingerprint density at radius 2 is 1.78 bits per heavy atom. The first-order chi connectivity index (χ1) is 8.33. The molecule has 3 heteroatoms. The fraction of sp³-hybridized carbons (Fsp3) is 0.933. The van der Waals surface area contributed by atoms with Crippen LogP contribution in [0.2, 0.25) is 0 Å². The van der Waals surface area contributed by atoms with Gasteiger partial charge in [0, 0.05) is 19.4 Å². The Morgan fingerprint density at radius 3 is 2.28 bits per heavy atom. The number of nitriles is 1. The number of nitrogens with zero attached hydrogens (tertiary/aromatic N) is 1. The highest BCUT2D eigenvalue weighted by atomic mass is 16.5. The highest BCUT2D eigenvalue weighted by Gasteiger charge is 2.54. The maximum Gasteiger partial charge on any atom is 0.0879 e. The summed E-state index contributed by atoms with van der Waals surface area (Å²) in [5.41, 5.74) is -1.09. The third kappa shape index (κ3) is 2.29. The SMILES string of the molecule is CC1CC(O)(C2(C#N)CCC(C)(C)CC2)CCO1. The van der Waals surface area contributed by atoms with E-state index in [0.29, 0.717) is 24.9 Å². The lowest BCUT2D eigenvalue weighted by Crippen LogP contribution is -2.54. The van der Waals surface area contributed by atoms with E-state index in [1.807, 2.05) is 6.92 Å². The van der Waals surface area contributed by atoms with Gasteiger partial charge in [-0.05, 0) is 38.0 Å². The van der Waals surface area contributed by atoms with Crippen LogP contribution in [0.3, 0.4) is 0 Å². The second kappa shape index (κ2) is 4.51. The lowest BCUT2D eigenvalue weighted by atomic mass is 9.56. The molecule has 1 aliphatic heterocycles. The van der Waals surface area contributed by atoms with Crippen LogP contribution in [0.15, 0.2) is 0 Å². The third-order valence-corrected chi connectivity index (χ3v) is 5.11. The molecular formula is C15H25NO2. The molecule has 0 aromatic heterocycles. The molecule has 3 nitrogen and oxygen atoms in total. The maximum absolute atomic E-state index is 11.0. The summed E-state index contributed by atoms with van der Waals surface area (Å²) >= 11 is 0.